The molecule has 0 aromatic carbocycles. The van der Waals surface area contributed by atoms with Gasteiger partial charge in [-0.25, -0.2) is 0 Å². The van der Waals surface area contributed by atoms with Crippen molar-refractivity contribution >= 4 is 17.9 Å². The summed E-state index contributed by atoms with van der Waals surface area (Å²) in [7, 11) is 0. The molecule has 0 amide bonds. The molecular formula is C51H80O6. The minimum Gasteiger partial charge on any atom is -0.462 e. The van der Waals surface area contributed by atoms with Gasteiger partial charge in [-0.05, 0) is 70.6 Å². The van der Waals surface area contributed by atoms with Crippen molar-refractivity contribution in [3.05, 3.63) is 109 Å². The monoisotopic (exact) mass is 789 g/mol. The molecule has 0 aromatic rings. The zero-order chi connectivity index (χ0) is 41.5. The molecule has 0 aliphatic rings. The topological polar surface area (TPSA) is 78.9 Å². The van der Waals surface area contributed by atoms with E-state index >= 15 is 0 Å². The summed E-state index contributed by atoms with van der Waals surface area (Å²) in [5.41, 5.74) is 0. The average Bonchev–Trinajstić information content (AvgIpc) is 3.21. The van der Waals surface area contributed by atoms with Gasteiger partial charge in [0.15, 0.2) is 6.10 Å². The van der Waals surface area contributed by atoms with E-state index in [4.69, 9.17) is 14.2 Å². The van der Waals surface area contributed by atoms with Crippen LogP contribution in [0.2, 0.25) is 0 Å². The lowest BCUT2D eigenvalue weighted by molar-refractivity contribution is -0.166. The second-order valence-corrected chi connectivity index (χ2v) is 14.3. The van der Waals surface area contributed by atoms with Crippen LogP contribution in [0, 0.1) is 0 Å². The zero-order valence-electron chi connectivity index (χ0n) is 36.3. The number of ether oxygens (including phenoxy) is 3. The minimum atomic E-state index is -0.851. The summed E-state index contributed by atoms with van der Waals surface area (Å²) in [5, 5.41) is 0. The number of carbonyl (C=O) groups is 3. The molecule has 0 radical (unpaired) electrons. The van der Waals surface area contributed by atoms with Crippen molar-refractivity contribution < 1.29 is 28.6 Å². The molecule has 0 N–H and O–H groups in total. The number of hydrogen-bond donors (Lipinski definition) is 0. The first-order valence-electron chi connectivity index (χ1n) is 22.5. The normalized spacial score (nSPS) is 13.1. The summed E-state index contributed by atoms with van der Waals surface area (Å²) in [4.78, 5) is 37.6. The fourth-order valence-electron chi connectivity index (χ4n) is 5.58. The summed E-state index contributed by atoms with van der Waals surface area (Å²) in [6.45, 7) is 6.17. The van der Waals surface area contributed by atoms with E-state index in [0.29, 0.717) is 19.3 Å². The molecule has 57 heavy (non-hydrogen) atoms. The van der Waals surface area contributed by atoms with Gasteiger partial charge in [0.05, 0.1) is 6.42 Å². The van der Waals surface area contributed by atoms with Gasteiger partial charge in [-0.1, -0.05) is 194 Å². The fraction of sp³-hybridized carbons (Fsp3) is 0.588. The summed E-state index contributed by atoms with van der Waals surface area (Å²) in [6, 6.07) is 0. The molecule has 6 nitrogen and oxygen atoms in total. The SMILES string of the molecule is CC\C=C/C=C\C=C/C=C\C=C/CCCC(=O)OC(COC(=O)C/C=C\C/C=C\C/C=C\CC)COC(=O)CCCCCCCCC/C=C\CCCCCCCC. The maximum absolute atomic E-state index is 12.7. The van der Waals surface area contributed by atoms with E-state index in [1.54, 1.807) is 6.08 Å². The molecule has 1 atom stereocenters. The lowest BCUT2D eigenvalue weighted by Gasteiger charge is -2.18. The van der Waals surface area contributed by atoms with Crippen molar-refractivity contribution in [3.63, 3.8) is 0 Å². The minimum absolute atomic E-state index is 0.115. The third-order valence-corrected chi connectivity index (χ3v) is 8.90. The van der Waals surface area contributed by atoms with Gasteiger partial charge < -0.3 is 14.2 Å². The fourth-order valence-corrected chi connectivity index (χ4v) is 5.58. The smallest absolute Gasteiger partial charge is 0.309 e. The molecular weight excluding hydrogens is 709 g/mol. The largest absolute Gasteiger partial charge is 0.462 e. The van der Waals surface area contributed by atoms with Crippen molar-refractivity contribution in [1.29, 1.82) is 0 Å². The lowest BCUT2D eigenvalue weighted by Crippen LogP contribution is -2.30. The van der Waals surface area contributed by atoms with Crippen LogP contribution in [0.15, 0.2) is 109 Å². The van der Waals surface area contributed by atoms with Gasteiger partial charge in [-0.3, -0.25) is 14.4 Å². The maximum Gasteiger partial charge on any atom is 0.309 e. The Hall–Kier alpha value is -3.93. The number of esters is 3. The van der Waals surface area contributed by atoms with E-state index < -0.39 is 18.0 Å². The molecule has 0 aromatic heterocycles. The Bertz CT molecular complexity index is 1230. The average molecular weight is 789 g/mol. The van der Waals surface area contributed by atoms with Crippen LogP contribution in [0.1, 0.15) is 175 Å². The van der Waals surface area contributed by atoms with E-state index in [2.05, 4.69) is 63.3 Å². The molecule has 0 aliphatic heterocycles. The van der Waals surface area contributed by atoms with E-state index in [1.165, 1.54) is 77.0 Å². The highest BCUT2D eigenvalue weighted by Crippen LogP contribution is 2.12. The number of hydrogen-bond acceptors (Lipinski definition) is 6. The summed E-state index contributed by atoms with van der Waals surface area (Å²) < 4.78 is 16.5. The van der Waals surface area contributed by atoms with Crippen LogP contribution in [0.3, 0.4) is 0 Å². The third kappa shape index (κ3) is 43.0. The first-order valence-corrected chi connectivity index (χ1v) is 22.5. The van der Waals surface area contributed by atoms with Crippen LogP contribution < -0.4 is 0 Å². The predicted molar refractivity (Wildman–Crippen MR) is 242 cm³/mol. The van der Waals surface area contributed by atoms with Gasteiger partial charge in [-0.2, -0.15) is 0 Å². The molecule has 0 spiro atoms. The van der Waals surface area contributed by atoms with Crippen LogP contribution >= 0.6 is 0 Å². The standard InChI is InChI=1S/C51H80O6/c1-4-7-10-13-16-19-21-23-24-25-26-28-29-32-35-38-41-44-50(53)56-47-48(46-55-49(52)43-40-37-34-31-18-15-12-9-6-3)57-51(54)45-42-39-36-33-30-27-22-20-17-14-11-8-5-2/h8-9,11-12,14,17-18,20,22-24,27,30-31,33,36-37,40,48H,4-7,10,13,15-16,19,21,25-26,28-29,32,34-35,38-39,41-47H2,1-3H3/b11-8-,12-9-,17-14-,22-20-,24-23-,30-27-,31-18-,36-33-,40-37-. The van der Waals surface area contributed by atoms with Crippen molar-refractivity contribution in [1.82, 2.24) is 0 Å². The second kappa shape index (κ2) is 44.8. The van der Waals surface area contributed by atoms with Gasteiger partial charge in [-0.15, -0.1) is 0 Å². The Labute approximate surface area is 349 Å². The highest BCUT2D eigenvalue weighted by molar-refractivity contribution is 5.72. The van der Waals surface area contributed by atoms with Crippen LogP contribution in [-0.2, 0) is 28.6 Å². The van der Waals surface area contributed by atoms with Crippen molar-refractivity contribution in [3.8, 4) is 0 Å². The van der Waals surface area contributed by atoms with Crippen LogP contribution in [0.4, 0.5) is 0 Å². The third-order valence-electron chi connectivity index (χ3n) is 8.90. The first kappa shape index (κ1) is 53.1. The van der Waals surface area contributed by atoms with Crippen molar-refractivity contribution in [2.45, 2.75) is 181 Å². The van der Waals surface area contributed by atoms with E-state index in [9.17, 15) is 14.4 Å². The summed E-state index contributed by atoms with van der Waals surface area (Å²) in [5.74, 6) is -1.16. The maximum atomic E-state index is 12.7. The molecule has 0 rings (SSSR count). The van der Waals surface area contributed by atoms with Crippen LogP contribution in [0.25, 0.3) is 0 Å². The quantitative estimate of drug-likeness (QED) is 0.0204. The molecule has 0 fully saturated rings. The molecule has 320 valence electrons. The summed E-state index contributed by atoms with van der Waals surface area (Å²) in [6.07, 6.45) is 59.8. The number of rotatable bonds is 38. The molecule has 0 heterocycles. The van der Waals surface area contributed by atoms with Gasteiger partial charge in [0, 0.05) is 12.8 Å². The highest BCUT2D eigenvalue weighted by Gasteiger charge is 2.19. The Morgan fingerprint density at radius 2 is 0.860 bits per heavy atom. The number of carbonyl (C=O) groups excluding carboxylic acids is 3. The molecule has 1 unspecified atom stereocenters. The highest BCUT2D eigenvalue weighted by atomic mass is 16.6. The van der Waals surface area contributed by atoms with Crippen molar-refractivity contribution in [2.24, 2.45) is 0 Å². The predicted octanol–water partition coefficient (Wildman–Crippen LogP) is 14.4. The Kier molecular flexibility index (Phi) is 41.7. The van der Waals surface area contributed by atoms with Gasteiger partial charge in [0.1, 0.15) is 13.2 Å². The number of allylic oxidation sites excluding steroid dienone is 17. The molecule has 0 aliphatic carbocycles. The zero-order valence-corrected chi connectivity index (χ0v) is 36.3. The van der Waals surface area contributed by atoms with Gasteiger partial charge >= 0.3 is 17.9 Å². The van der Waals surface area contributed by atoms with Crippen LogP contribution in [0.5, 0.6) is 0 Å². The molecule has 0 saturated heterocycles. The summed E-state index contributed by atoms with van der Waals surface area (Å²) >= 11 is 0. The van der Waals surface area contributed by atoms with Gasteiger partial charge in [0.2, 0.25) is 0 Å². The van der Waals surface area contributed by atoms with E-state index in [-0.39, 0.29) is 32.0 Å². The number of unbranched alkanes of at least 4 members (excludes halogenated alkanes) is 14. The lowest BCUT2D eigenvalue weighted by atomic mass is 10.1. The van der Waals surface area contributed by atoms with Crippen molar-refractivity contribution in [2.75, 3.05) is 13.2 Å². The first-order chi connectivity index (χ1) is 28.0. The molecule has 6 heteroatoms. The van der Waals surface area contributed by atoms with E-state index in [0.717, 1.165) is 44.9 Å². The molecule has 0 saturated carbocycles. The Morgan fingerprint density at radius 1 is 0.404 bits per heavy atom. The Balaban J connectivity index is 4.52. The Morgan fingerprint density at radius 3 is 1.46 bits per heavy atom. The van der Waals surface area contributed by atoms with E-state index in [1.807, 2.05) is 60.8 Å². The van der Waals surface area contributed by atoms with Gasteiger partial charge in [0.25, 0.3) is 0 Å². The molecule has 0 bridgehead atoms. The second-order valence-electron chi connectivity index (χ2n) is 14.3. The van der Waals surface area contributed by atoms with Crippen LogP contribution in [-0.4, -0.2) is 37.2 Å².